The number of nitrogens with one attached hydrogen (secondary N) is 2. The molecular formula is C18H16N2O2. The van der Waals surface area contributed by atoms with Gasteiger partial charge >= 0.3 is 0 Å². The summed E-state index contributed by atoms with van der Waals surface area (Å²) in [6, 6.07) is 11.0. The van der Waals surface area contributed by atoms with Crippen LogP contribution in [0.4, 0.5) is 0 Å². The van der Waals surface area contributed by atoms with Crippen LogP contribution in [0, 0.1) is 0 Å². The van der Waals surface area contributed by atoms with E-state index < -0.39 is 0 Å². The second kappa shape index (κ2) is 4.84. The van der Waals surface area contributed by atoms with Gasteiger partial charge in [0, 0.05) is 34.7 Å². The van der Waals surface area contributed by atoms with E-state index in [1.54, 1.807) is 18.2 Å². The van der Waals surface area contributed by atoms with Crippen molar-refractivity contribution >= 4 is 21.8 Å². The van der Waals surface area contributed by atoms with E-state index >= 15 is 0 Å². The van der Waals surface area contributed by atoms with Gasteiger partial charge in [-0.3, -0.25) is 0 Å². The maximum absolute atomic E-state index is 9.84. The summed E-state index contributed by atoms with van der Waals surface area (Å²) in [5.74, 6) is 0.555. The van der Waals surface area contributed by atoms with E-state index in [4.69, 9.17) is 0 Å². The quantitative estimate of drug-likeness (QED) is 0.463. The van der Waals surface area contributed by atoms with Crippen LogP contribution in [0.15, 0.2) is 48.8 Å². The van der Waals surface area contributed by atoms with E-state index in [9.17, 15) is 10.2 Å². The fourth-order valence-electron chi connectivity index (χ4n) is 3.05. The van der Waals surface area contributed by atoms with Crippen LogP contribution < -0.4 is 0 Å². The van der Waals surface area contributed by atoms with Gasteiger partial charge in [-0.25, -0.2) is 0 Å². The SMILES string of the molecule is Oc1ccc2c(CCc3c[nH]c4c(O)cccc34)c[nH]c2c1. The number of phenols is 2. The molecule has 0 bridgehead atoms. The molecule has 0 spiro atoms. The minimum atomic E-state index is 0.271. The van der Waals surface area contributed by atoms with E-state index in [0.29, 0.717) is 0 Å². The third-order valence-electron chi connectivity index (χ3n) is 4.19. The third kappa shape index (κ3) is 2.00. The first-order chi connectivity index (χ1) is 10.7. The Balaban J connectivity index is 1.64. The summed E-state index contributed by atoms with van der Waals surface area (Å²) in [6.07, 6.45) is 5.74. The number of benzene rings is 2. The number of rotatable bonds is 3. The Labute approximate surface area is 127 Å². The van der Waals surface area contributed by atoms with Gasteiger partial charge in [0.25, 0.3) is 0 Å². The molecule has 4 aromatic rings. The number of H-pyrrole nitrogens is 2. The van der Waals surface area contributed by atoms with Crippen molar-refractivity contribution in [2.75, 3.05) is 0 Å². The molecule has 2 heterocycles. The first-order valence-corrected chi connectivity index (χ1v) is 7.29. The summed E-state index contributed by atoms with van der Waals surface area (Å²) in [4.78, 5) is 6.34. The summed E-state index contributed by atoms with van der Waals surface area (Å²) in [5, 5.41) is 21.6. The third-order valence-corrected chi connectivity index (χ3v) is 4.19. The number of fused-ring (bicyclic) bond motifs is 2. The highest BCUT2D eigenvalue weighted by Gasteiger charge is 2.09. The molecule has 0 unspecified atom stereocenters. The fraction of sp³-hybridized carbons (Fsp3) is 0.111. The van der Waals surface area contributed by atoms with Crippen molar-refractivity contribution in [1.29, 1.82) is 0 Å². The Morgan fingerprint density at radius 1 is 0.818 bits per heavy atom. The molecule has 4 heteroatoms. The van der Waals surface area contributed by atoms with Gasteiger partial charge in [-0.1, -0.05) is 12.1 Å². The van der Waals surface area contributed by atoms with Crippen molar-refractivity contribution in [3.05, 3.63) is 59.9 Å². The number of aromatic amines is 2. The lowest BCUT2D eigenvalue weighted by Crippen LogP contribution is -1.89. The van der Waals surface area contributed by atoms with Crippen LogP contribution in [-0.4, -0.2) is 20.2 Å². The van der Waals surface area contributed by atoms with Crippen molar-refractivity contribution in [2.24, 2.45) is 0 Å². The molecule has 2 aromatic carbocycles. The number of hydrogen-bond donors (Lipinski definition) is 4. The van der Waals surface area contributed by atoms with Gasteiger partial charge in [0.1, 0.15) is 11.5 Å². The normalized spacial score (nSPS) is 11.5. The molecule has 110 valence electrons. The Morgan fingerprint density at radius 2 is 1.59 bits per heavy atom. The lowest BCUT2D eigenvalue weighted by Gasteiger charge is -2.01. The molecule has 0 fully saturated rings. The van der Waals surface area contributed by atoms with Gasteiger partial charge in [0.05, 0.1) is 5.52 Å². The molecule has 0 saturated carbocycles. The number of aromatic hydroxyl groups is 2. The molecule has 0 atom stereocenters. The highest BCUT2D eigenvalue weighted by Crippen LogP contribution is 2.28. The molecule has 4 nitrogen and oxygen atoms in total. The standard InChI is InChI=1S/C18H16N2O2/c21-13-6-7-14-11(9-19-16(14)8-13)4-5-12-10-20-18-15(12)2-1-3-17(18)22/h1-3,6-10,19-22H,4-5H2. The number of aryl methyl sites for hydroxylation is 2. The Hall–Kier alpha value is -2.88. The predicted octanol–water partition coefficient (Wildman–Crippen LogP) is 3.85. The van der Waals surface area contributed by atoms with E-state index in [2.05, 4.69) is 9.97 Å². The topological polar surface area (TPSA) is 72.0 Å². The summed E-state index contributed by atoms with van der Waals surface area (Å²) >= 11 is 0. The minimum absolute atomic E-state index is 0.271. The van der Waals surface area contributed by atoms with Crippen LogP contribution in [0.5, 0.6) is 11.5 Å². The molecule has 0 aliphatic heterocycles. The van der Waals surface area contributed by atoms with Gasteiger partial charge in [-0.05, 0) is 42.2 Å². The molecule has 4 rings (SSSR count). The summed E-state index contributed by atoms with van der Waals surface area (Å²) in [5.41, 5.74) is 4.16. The maximum atomic E-state index is 9.84. The van der Waals surface area contributed by atoms with Crippen molar-refractivity contribution in [2.45, 2.75) is 12.8 Å². The van der Waals surface area contributed by atoms with Crippen LogP contribution in [0.25, 0.3) is 21.8 Å². The Kier molecular flexibility index (Phi) is 2.82. The number of aromatic nitrogens is 2. The van der Waals surface area contributed by atoms with Gasteiger partial charge in [-0.2, -0.15) is 0 Å². The van der Waals surface area contributed by atoms with Crippen molar-refractivity contribution in [1.82, 2.24) is 9.97 Å². The van der Waals surface area contributed by atoms with Crippen LogP contribution in [-0.2, 0) is 12.8 Å². The molecule has 0 amide bonds. The average Bonchev–Trinajstić information content (AvgIpc) is 3.09. The zero-order valence-electron chi connectivity index (χ0n) is 11.9. The smallest absolute Gasteiger partial charge is 0.139 e. The van der Waals surface area contributed by atoms with Gasteiger partial charge in [0.15, 0.2) is 0 Å². The maximum Gasteiger partial charge on any atom is 0.139 e. The van der Waals surface area contributed by atoms with Crippen molar-refractivity contribution < 1.29 is 10.2 Å². The molecule has 2 aromatic heterocycles. The lowest BCUT2D eigenvalue weighted by atomic mass is 10.0. The van der Waals surface area contributed by atoms with Crippen molar-refractivity contribution in [3.8, 4) is 11.5 Å². The molecule has 0 saturated heterocycles. The first-order valence-electron chi connectivity index (χ1n) is 7.29. The predicted molar refractivity (Wildman–Crippen MR) is 87.3 cm³/mol. The molecule has 0 aliphatic carbocycles. The lowest BCUT2D eigenvalue weighted by molar-refractivity contribution is 0.476. The Morgan fingerprint density at radius 3 is 2.45 bits per heavy atom. The summed E-state index contributed by atoms with van der Waals surface area (Å²) in [6.45, 7) is 0. The first kappa shape index (κ1) is 12.8. The molecule has 4 N–H and O–H groups in total. The monoisotopic (exact) mass is 292 g/mol. The zero-order valence-corrected chi connectivity index (χ0v) is 11.9. The number of hydrogen-bond acceptors (Lipinski definition) is 2. The van der Waals surface area contributed by atoms with E-state index in [1.807, 2.05) is 30.6 Å². The van der Waals surface area contributed by atoms with Crippen LogP contribution in [0.1, 0.15) is 11.1 Å². The second-order valence-corrected chi connectivity index (χ2v) is 5.56. The van der Waals surface area contributed by atoms with E-state index in [0.717, 1.165) is 34.6 Å². The van der Waals surface area contributed by atoms with Gasteiger partial charge in [-0.15, -0.1) is 0 Å². The summed E-state index contributed by atoms with van der Waals surface area (Å²) < 4.78 is 0. The molecule has 0 aliphatic rings. The van der Waals surface area contributed by atoms with Gasteiger partial charge in [0.2, 0.25) is 0 Å². The Bertz CT molecular complexity index is 966. The number of phenolic OH excluding ortho intramolecular Hbond substituents is 2. The zero-order chi connectivity index (χ0) is 15.1. The summed E-state index contributed by atoms with van der Waals surface area (Å²) in [7, 11) is 0. The largest absolute Gasteiger partial charge is 0.508 e. The van der Waals surface area contributed by atoms with E-state index in [-0.39, 0.29) is 11.5 Å². The highest BCUT2D eigenvalue weighted by molar-refractivity contribution is 5.88. The molecule has 0 radical (unpaired) electrons. The minimum Gasteiger partial charge on any atom is -0.508 e. The highest BCUT2D eigenvalue weighted by atomic mass is 16.3. The fourth-order valence-corrected chi connectivity index (χ4v) is 3.05. The molecular weight excluding hydrogens is 276 g/mol. The van der Waals surface area contributed by atoms with Gasteiger partial charge < -0.3 is 20.2 Å². The second-order valence-electron chi connectivity index (χ2n) is 5.56. The van der Waals surface area contributed by atoms with Crippen molar-refractivity contribution in [3.63, 3.8) is 0 Å². The van der Waals surface area contributed by atoms with Crippen LogP contribution in [0.3, 0.4) is 0 Å². The average molecular weight is 292 g/mol. The van der Waals surface area contributed by atoms with Crippen LogP contribution in [0.2, 0.25) is 0 Å². The number of para-hydroxylation sites is 1. The van der Waals surface area contributed by atoms with Crippen LogP contribution >= 0.6 is 0 Å². The molecule has 22 heavy (non-hydrogen) atoms. The van der Waals surface area contributed by atoms with E-state index in [1.165, 1.54) is 11.1 Å².